The van der Waals surface area contributed by atoms with E-state index in [9.17, 15) is 4.79 Å². The number of fused-ring (bicyclic) bond motifs is 1. The Kier molecular flexibility index (Phi) is 11.7. The van der Waals surface area contributed by atoms with Gasteiger partial charge in [0.25, 0.3) is 0 Å². The number of benzene rings is 2. The number of pyridine rings is 1. The highest BCUT2D eigenvalue weighted by molar-refractivity contribution is 6.04. The van der Waals surface area contributed by atoms with Crippen molar-refractivity contribution in [2.24, 2.45) is 15.9 Å². The molecule has 1 aromatic heterocycles. The van der Waals surface area contributed by atoms with Crippen molar-refractivity contribution >= 4 is 34.3 Å². The fraction of sp³-hybridized carbons (Fsp3) is 0.351. The summed E-state index contributed by atoms with van der Waals surface area (Å²) in [5.74, 6) is 2.26. The van der Waals surface area contributed by atoms with Gasteiger partial charge in [-0.15, -0.1) is 0 Å². The zero-order valence-electron chi connectivity index (χ0n) is 28.6. The summed E-state index contributed by atoms with van der Waals surface area (Å²) in [5.41, 5.74) is 4.67. The van der Waals surface area contributed by atoms with Crippen molar-refractivity contribution < 1.29 is 9.53 Å². The van der Waals surface area contributed by atoms with E-state index in [1.807, 2.05) is 79.5 Å². The molecule has 11 heteroatoms. The first-order chi connectivity index (χ1) is 23.2. The number of ether oxygens (including phenoxy) is 1. The van der Waals surface area contributed by atoms with Gasteiger partial charge in [0.1, 0.15) is 5.82 Å². The number of morpholine rings is 1. The lowest BCUT2D eigenvalue weighted by molar-refractivity contribution is -0.111. The average Bonchev–Trinajstić information content (AvgIpc) is 3.08. The van der Waals surface area contributed by atoms with Crippen LogP contribution in [0.3, 0.4) is 0 Å². The van der Waals surface area contributed by atoms with E-state index >= 15 is 0 Å². The molecule has 0 bridgehead atoms. The Labute approximate surface area is 283 Å². The number of allylic oxidation sites excluding steroid dienone is 2. The molecule has 2 aromatic carbocycles. The molecule has 2 aliphatic heterocycles. The van der Waals surface area contributed by atoms with Crippen molar-refractivity contribution in [3.63, 3.8) is 0 Å². The summed E-state index contributed by atoms with van der Waals surface area (Å²) in [7, 11) is 5.91. The zero-order valence-corrected chi connectivity index (χ0v) is 28.6. The molecule has 5 rings (SSSR count). The van der Waals surface area contributed by atoms with Gasteiger partial charge in [0.2, 0.25) is 17.8 Å². The van der Waals surface area contributed by atoms with Crippen molar-refractivity contribution in [3.8, 4) is 11.3 Å². The van der Waals surface area contributed by atoms with E-state index in [0.29, 0.717) is 38.2 Å². The van der Waals surface area contributed by atoms with Crippen LogP contribution in [0.25, 0.3) is 22.0 Å². The third kappa shape index (κ3) is 8.74. The number of amides is 1. The maximum absolute atomic E-state index is 12.4. The summed E-state index contributed by atoms with van der Waals surface area (Å²) in [4.78, 5) is 31.2. The summed E-state index contributed by atoms with van der Waals surface area (Å²) in [5, 5.41) is 15.2. The van der Waals surface area contributed by atoms with E-state index in [1.165, 1.54) is 0 Å². The van der Waals surface area contributed by atoms with E-state index in [-0.39, 0.29) is 17.9 Å². The fourth-order valence-electron chi connectivity index (χ4n) is 5.62. The van der Waals surface area contributed by atoms with Gasteiger partial charge in [0.05, 0.1) is 31.5 Å². The van der Waals surface area contributed by atoms with Gasteiger partial charge in [0.15, 0.2) is 0 Å². The Bertz CT molecular complexity index is 1740. The van der Waals surface area contributed by atoms with Crippen molar-refractivity contribution in [1.82, 2.24) is 30.7 Å². The summed E-state index contributed by atoms with van der Waals surface area (Å²) in [6, 6.07) is 16.1. The second-order valence-electron chi connectivity index (χ2n) is 12.4. The average molecular weight is 650 g/mol. The molecule has 3 heterocycles. The SMILES string of the molecule is C=C/C(=C1/NC(=NCC2CNCCO2)NC(=NCc2ccccc2-c2nccc3cc(NC(=O)/C=C/CN(C)C)ccc23)N1C)C(C)C. The fourth-order valence-corrected chi connectivity index (χ4v) is 5.62. The summed E-state index contributed by atoms with van der Waals surface area (Å²) >= 11 is 0. The molecule has 2 fully saturated rings. The Morgan fingerprint density at radius 1 is 1.19 bits per heavy atom. The Hall–Kier alpha value is -4.84. The molecule has 1 unspecified atom stereocenters. The van der Waals surface area contributed by atoms with Gasteiger partial charge in [-0.2, -0.15) is 0 Å². The summed E-state index contributed by atoms with van der Waals surface area (Å²) in [6.07, 6.45) is 7.11. The van der Waals surface area contributed by atoms with Crippen LogP contribution in [0.4, 0.5) is 5.69 Å². The molecule has 252 valence electrons. The molecular weight excluding hydrogens is 602 g/mol. The van der Waals surface area contributed by atoms with Gasteiger partial charge in [0, 0.05) is 55.6 Å². The monoisotopic (exact) mass is 649 g/mol. The molecule has 0 aliphatic carbocycles. The predicted octanol–water partition coefficient (Wildman–Crippen LogP) is 4.34. The normalized spacial score (nSPS) is 19.6. The van der Waals surface area contributed by atoms with Crippen LogP contribution in [-0.4, -0.2) is 92.6 Å². The first-order valence-corrected chi connectivity index (χ1v) is 16.4. The van der Waals surface area contributed by atoms with Gasteiger partial charge < -0.3 is 30.5 Å². The van der Waals surface area contributed by atoms with E-state index in [2.05, 4.69) is 53.8 Å². The lowest BCUT2D eigenvalue weighted by Crippen LogP contribution is -2.57. The number of likely N-dealkylation sites (N-methyl/N-ethyl adjacent to an activating group) is 1. The molecule has 0 radical (unpaired) electrons. The molecule has 48 heavy (non-hydrogen) atoms. The number of nitrogens with zero attached hydrogens (tertiary/aromatic N) is 5. The summed E-state index contributed by atoms with van der Waals surface area (Å²) < 4.78 is 5.86. The van der Waals surface area contributed by atoms with Crippen LogP contribution >= 0.6 is 0 Å². The number of hydrogen-bond donors (Lipinski definition) is 4. The van der Waals surface area contributed by atoms with Crippen LogP contribution in [0.5, 0.6) is 0 Å². The number of carbonyl (C=O) groups excluding carboxylic acids is 1. The Balaban J connectivity index is 1.42. The molecule has 11 nitrogen and oxygen atoms in total. The number of carbonyl (C=O) groups is 1. The largest absolute Gasteiger partial charge is 0.374 e. The second-order valence-corrected chi connectivity index (χ2v) is 12.4. The van der Waals surface area contributed by atoms with Crippen LogP contribution in [0, 0.1) is 5.92 Å². The number of rotatable bonds is 11. The maximum atomic E-state index is 12.4. The van der Waals surface area contributed by atoms with Gasteiger partial charge in [-0.3, -0.25) is 15.1 Å². The third-order valence-electron chi connectivity index (χ3n) is 8.14. The van der Waals surface area contributed by atoms with Crippen LogP contribution in [0.15, 0.2) is 101 Å². The highest BCUT2D eigenvalue weighted by Crippen LogP contribution is 2.31. The minimum atomic E-state index is -0.162. The van der Waals surface area contributed by atoms with Gasteiger partial charge in [-0.25, -0.2) is 9.98 Å². The Morgan fingerprint density at radius 2 is 2.02 bits per heavy atom. The number of hydrogen-bond acceptors (Lipinski definition) is 7. The van der Waals surface area contributed by atoms with E-state index in [0.717, 1.165) is 57.8 Å². The number of aliphatic imine (C=N–C) groups is 2. The second kappa shape index (κ2) is 16.3. The lowest BCUT2D eigenvalue weighted by Gasteiger charge is -2.34. The van der Waals surface area contributed by atoms with Crippen LogP contribution in [-0.2, 0) is 16.1 Å². The standard InChI is InChI=1S/C37H47N9O2/c1-7-30(25(2)3)35-43-36(40-24-29-23-38-18-20-48-29)44-37(46(35)6)41-22-27-11-8-9-12-31(27)34-32-15-14-28(21-26(32)16-17-39-34)42-33(47)13-10-19-45(4)5/h7-17,21,25,29,38H,1,18-20,22-24H2,2-6H3,(H,42,47)(H2,40,41,43,44)/b13-10+,35-30+. The number of anilines is 1. The predicted molar refractivity (Wildman–Crippen MR) is 196 cm³/mol. The molecule has 0 spiro atoms. The topological polar surface area (TPSA) is 119 Å². The first-order valence-electron chi connectivity index (χ1n) is 16.4. The highest BCUT2D eigenvalue weighted by atomic mass is 16.5. The molecular formula is C37H47N9O2. The van der Waals surface area contributed by atoms with Crippen LogP contribution in [0.1, 0.15) is 19.4 Å². The van der Waals surface area contributed by atoms with Gasteiger partial charge in [-0.05, 0) is 54.7 Å². The smallest absolute Gasteiger partial charge is 0.248 e. The zero-order chi connectivity index (χ0) is 34.0. The van der Waals surface area contributed by atoms with Gasteiger partial charge in [-0.1, -0.05) is 62.9 Å². The molecule has 3 aromatic rings. The van der Waals surface area contributed by atoms with E-state index in [1.54, 1.807) is 12.3 Å². The highest BCUT2D eigenvalue weighted by Gasteiger charge is 2.25. The van der Waals surface area contributed by atoms with Crippen molar-refractivity contribution in [3.05, 3.63) is 96.5 Å². The first kappa shape index (κ1) is 34.5. The maximum Gasteiger partial charge on any atom is 0.248 e. The molecule has 2 saturated heterocycles. The Morgan fingerprint density at radius 3 is 2.77 bits per heavy atom. The minimum absolute atomic E-state index is 0.0173. The van der Waals surface area contributed by atoms with Crippen molar-refractivity contribution in [1.29, 1.82) is 0 Å². The molecule has 2 aliphatic rings. The van der Waals surface area contributed by atoms with E-state index in [4.69, 9.17) is 19.7 Å². The van der Waals surface area contributed by atoms with Gasteiger partial charge >= 0.3 is 0 Å². The number of nitrogens with one attached hydrogen (secondary N) is 4. The lowest BCUT2D eigenvalue weighted by atomic mass is 9.99. The quantitative estimate of drug-likeness (QED) is 0.227. The van der Waals surface area contributed by atoms with E-state index < -0.39 is 0 Å². The molecule has 1 atom stereocenters. The number of aromatic nitrogens is 1. The van der Waals surface area contributed by atoms with Crippen LogP contribution < -0.4 is 21.3 Å². The summed E-state index contributed by atoms with van der Waals surface area (Å²) in [6.45, 7) is 12.3. The van der Waals surface area contributed by atoms with Crippen molar-refractivity contribution in [2.75, 3.05) is 59.2 Å². The molecule has 4 N–H and O–H groups in total. The molecule has 1 amide bonds. The number of guanidine groups is 2. The minimum Gasteiger partial charge on any atom is -0.374 e. The van der Waals surface area contributed by atoms with Crippen LogP contribution in [0.2, 0.25) is 0 Å². The molecule has 0 saturated carbocycles. The van der Waals surface area contributed by atoms with Crippen molar-refractivity contribution in [2.45, 2.75) is 26.5 Å². The third-order valence-corrected chi connectivity index (χ3v) is 8.14.